The van der Waals surface area contributed by atoms with Crippen molar-refractivity contribution in [1.29, 1.82) is 0 Å². The Morgan fingerprint density at radius 3 is 2.60 bits per heavy atom. The van der Waals surface area contributed by atoms with Gasteiger partial charge in [0.25, 0.3) is 0 Å². The van der Waals surface area contributed by atoms with E-state index in [0.717, 1.165) is 5.52 Å². The number of aliphatic hydroxyl groups is 1. The zero-order valence-corrected chi connectivity index (χ0v) is 10.5. The first-order chi connectivity index (χ1) is 9.66. The molecule has 1 atom stereocenters. The Bertz CT molecular complexity index is 734. The summed E-state index contributed by atoms with van der Waals surface area (Å²) in [6, 6.07) is 9.09. The largest absolute Gasteiger partial charge is 0.388 e. The highest BCUT2D eigenvalue weighted by atomic mass is 19.1. The van der Waals surface area contributed by atoms with Crippen molar-refractivity contribution in [1.82, 2.24) is 9.61 Å². The van der Waals surface area contributed by atoms with Crippen LogP contribution >= 0.6 is 0 Å². The molecule has 0 radical (unpaired) electrons. The van der Waals surface area contributed by atoms with Crippen molar-refractivity contribution in [2.75, 3.05) is 0 Å². The highest BCUT2D eigenvalue weighted by Crippen LogP contribution is 2.25. The molecule has 2 heterocycles. The molecule has 1 N–H and O–H groups in total. The standard InChI is InChI=1S/C15H12F2N2O/c16-12-4-3-5-13(17)10(12)8-15(20)11-9-18-19-7-2-1-6-14(11)19/h1-7,9,15,20H,8H2. The second-order valence-electron chi connectivity index (χ2n) is 4.55. The highest BCUT2D eigenvalue weighted by molar-refractivity contribution is 5.54. The number of aromatic nitrogens is 2. The highest BCUT2D eigenvalue weighted by Gasteiger charge is 2.18. The number of rotatable bonds is 3. The molecule has 0 saturated heterocycles. The van der Waals surface area contributed by atoms with Gasteiger partial charge in [0.05, 0.1) is 17.8 Å². The maximum atomic E-state index is 13.6. The molecule has 0 bridgehead atoms. The molecule has 0 aliphatic heterocycles. The Morgan fingerprint density at radius 1 is 1.10 bits per heavy atom. The average molecular weight is 274 g/mol. The second kappa shape index (κ2) is 5.02. The third-order valence-electron chi connectivity index (χ3n) is 3.27. The van der Waals surface area contributed by atoms with Crippen LogP contribution in [0.4, 0.5) is 8.78 Å². The van der Waals surface area contributed by atoms with Crippen LogP contribution in [0, 0.1) is 11.6 Å². The van der Waals surface area contributed by atoms with Crippen LogP contribution in [0.25, 0.3) is 5.52 Å². The quantitative estimate of drug-likeness (QED) is 0.797. The van der Waals surface area contributed by atoms with Gasteiger partial charge in [-0.15, -0.1) is 0 Å². The number of hydrogen-bond acceptors (Lipinski definition) is 2. The van der Waals surface area contributed by atoms with Gasteiger partial charge in [0.15, 0.2) is 0 Å². The Kier molecular flexibility index (Phi) is 3.20. The number of hydrogen-bond donors (Lipinski definition) is 1. The van der Waals surface area contributed by atoms with E-state index in [1.165, 1.54) is 24.4 Å². The number of nitrogens with zero attached hydrogens (tertiary/aromatic N) is 2. The van der Waals surface area contributed by atoms with Crippen molar-refractivity contribution in [3.05, 3.63) is 71.6 Å². The van der Waals surface area contributed by atoms with E-state index in [1.54, 1.807) is 16.8 Å². The summed E-state index contributed by atoms with van der Waals surface area (Å²) in [5.41, 5.74) is 1.15. The van der Waals surface area contributed by atoms with E-state index in [9.17, 15) is 13.9 Å². The van der Waals surface area contributed by atoms with Gasteiger partial charge in [-0.05, 0) is 24.3 Å². The van der Waals surface area contributed by atoms with Crippen LogP contribution < -0.4 is 0 Å². The molecule has 3 nitrogen and oxygen atoms in total. The lowest BCUT2D eigenvalue weighted by Crippen LogP contribution is -2.05. The first-order valence-corrected chi connectivity index (χ1v) is 6.20. The Balaban J connectivity index is 1.95. The topological polar surface area (TPSA) is 37.5 Å². The summed E-state index contributed by atoms with van der Waals surface area (Å²) in [7, 11) is 0. The van der Waals surface area contributed by atoms with Crippen molar-refractivity contribution in [2.24, 2.45) is 0 Å². The van der Waals surface area contributed by atoms with Crippen LogP contribution in [0.15, 0.2) is 48.8 Å². The van der Waals surface area contributed by atoms with E-state index in [-0.39, 0.29) is 12.0 Å². The van der Waals surface area contributed by atoms with Crippen molar-refractivity contribution in [3.63, 3.8) is 0 Å². The Morgan fingerprint density at radius 2 is 1.85 bits per heavy atom. The molecule has 3 aromatic rings. The zero-order valence-electron chi connectivity index (χ0n) is 10.5. The Labute approximate surface area is 114 Å². The molecule has 0 fully saturated rings. The smallest absolute Gasteiger partial charge is 0.129 e. The fourth-order valence-electron chi connectivity index (χ4n) is 2.24. The van der Waals surface area contributed by atoms with Crippen LogP contribution in [0.1, 0.15) is 17.2 Å². The van der Waals surface area contributed by atoms with Gasteiger partial charge >= 0.3 is 0 Å². The second-order valence-corrected chi connectivity index (χ2v) is 4.55. The molecule has 20 heavy (non-hydrogen) atoms. The molecule has 0 saturated carbocycles. The summed E-state index contributed by atoms with van der Waals surface area (Å²) < 4.78 is 28.8. The number of aliphatic hydroxyl groups excluding tert-OH is 1. The molecular weight excluding hydrogens is 262 g/mol. The molecular formula is C15H12F2N2O. The lowest BCUT2D eigenvalue weighted by molar-refractivity contribution is 0.177. The van der Waals surface area contributed by atoms with Gasteiger partial charge in [-0.3, -0.25) is 0 Å². The molecule has 0 aliphatic rings. The monoisotopic (exact) mass is 274 g/mol. The molecule has 1 aromatic carbocycles. The van der Waals surface area contributed by atoms with Crippen LogP contribution in [0.5, 0.6) is 0 Å². The van der Waals surface area contributed by atoms with Crippen molar-refractivity contribution >= 4 is 5.52 Å². The van der Waals surface area contributed by atoms with Crippen LogP contribution in [0.3, 0.4) is 0 Å². The maximum absolute atomic E-state index is 13.6. The third-order valence-corrected chi connectivity index (χ3v) is 3.27. The normalized spacial score (nSPS) is 12.8. The van der Waals surface area contributed by atoms with Gasteiger partial charge < -0.3 is 5.11 Å². The fraction of sp³-hybridized carbons (Fsp3) is 0.133. The van der Waals surface area contributed by atoms with Crippen LogP contribution in [0.2, 0.25) is 0 Å². The van der Waals surface area contributed by atoms with Crippen molar-refractivity contribution < 1.29 is 13.9 Å². The molecule has 0 spiro atoms. The summed E-state index contributed by atoms with van der Waals surface area (Å²) in [6.45, 7) is 0. The van der Waals surface area contributed by atoms with Crippen LogP contribution in [-0.2, 0) is 6.42 Å². The number of halogens is 2. The third kappa shape index (κ3) is 2.16. The number of fused-ring (bicyclic) bond motifs is 1. The summed E-state index contributed by atoms with van der Waals surface area (Å²) in [4.78, 5) is 0. The fourth-order valence-corrected chi connectivity index (χ4v) is 2.24. The first kappa shape index (κ1) is 12.7. The van der Waals surface area contributed by atoms with E-state index in [0.29, 0.717) is 5.56 Å². The van der Waals surface area contributed by atoms with E-state index in [4.69, 9.17) is 0 Å². The lowest BCUT2D eigenvalue weighted by Gasteiger charge is -2.11. The van der Waals surface area contributed by atoms with Crippen molar-refractivity contribution in [2.45, 2.75) is 12.5 Å². The number of pyridine rings is 1. The van der Waals surface area contributed by atoms with Gasteiger partial charge in [0, 0.05) is 23.7 Å². The minimum absolute atomic E-state index is 0.115. The Hall–Kier alpha value is -2.27. The predicted molar refractivity (Wildman–Crippen MR) is 70.2 cm³/mol. The van der Waals surface area contributed by atoms with E-state index < -0.39 is 17.7 Å². The molecule has 5 heteroatoms. The molecule has 3 rings (SSSR count). The SMILES string of the molecule is OC(Cc1c(F)cccc1F)c1cnn2ccccc12. The van der Waals surface area contributed by atoms with E-state index >= 15 is 0 Å². The average Bonchev–Trinajstić information content (AvgIpc) is 2.87. The van der Waals surface area contributed by atoms with Crippen LogP contribution in [-0.4, -0.2) is 14.7 Å². The zero-order chi connectivity index (χ0) is 14.1. The summed E-state index contributed by atoms with van der Waals surface area (Å²) >= 11 is 0. The summed E-state index contributed by atoms with van der Waals surface area (Å²) in [5.74, 6) is -1.30. The van der Waals surface area contributed by atoms with Gasteiger partial charge in [0.2, 0.25) is 0 Å². The van der Waals surface area contributed by atoms with Gasteiger partial charge in [-0.1, -0.05) is 12.1 Å². The first-order valence-electron chi connectivity index (χ1n) is 6.20. The molecule has 102 valence electrons. The lowest BCUT2D eigenvalue weighted by atomic mass is 10.0. The van der Waals surface area contributed by atoms with Gasteiger partial charge in [-0.25, -0.2) is 13.3 Å². The minimum Gasteiger partial charge on any atom is -0.388 e. The maximum Gasteiger partial charge on any atom is 0.129 e. The van der Waals surface area contributed by atoms with Crippen molar-refractivity contribution in [3.8, 4) is 0 Å². The molecule has 0 amide bonds. The minimum atomic E-state index is -1.01. The molecule has 1 unspecified atom stereocenters. The van der Waals surface area contributed by atoms with Gasteiger partial charge in [0.1, 0.15) is 11.6 Å². The molecule has 0 aliphatic carbocycles. The summed E-state index contributed by atoms with van der Waals surface area (Å²) in [5, 5.41) is 14.3. The number of benzene rings is 1. The van der Waals surface area contributed by atoms with E-state index in [2.05, 4.69) is 5.10 Å². The van der Waals surface area contributed by atoms with Gasteiger partial charge in [-0.2, -0.15) is 5.10 Å². The summed E-state index contributed by atoms with van der Waals surface area (Å²) in [6.07, 6.45) is 2.12. The van der Waals surface area contributed by atoms with E-state index in [1.807, 2.05) is 12.1 Å². The predicted octanol–water partition coefficient (Wildman–Crippen LogP) is 2.89. The molecule has 2 aromatic heterocycles.